The largest absolute Gasteiger partial charge is 0.491 e. The van der Waals surface area contributed by atoms with Crippen LogP contribution >= 0.6 is 0 Å². The van der Waals surface area contributed by atoms with E-state index in [0.29, 0.717) is 17.4 Å². The van der Waals surface area contributed by atoms with Crippen molar-refractivity contribution in [2.75, 3.05) is 0 Å². The molecule has 1 aromatic heterocycles. The van der Waals surface area contributed by atoms with Crippen molar-refractivity contribution in [2.24, 2.45) is 0 Å². The first-order chi connectivity index (χ1) is 13.1. The van der Waals surface area contributed by atoms with Crippen molar-refractivity contribution in [3.8, 4) is 11.5 Å². The van der Waals surface area contributed by atoms with Crippen LogP contribution in [0.15, 0.2) is 59.1 Å². The number of ether oxygens (including phenoxy) is 2. The van der Waals surface area contributed by atoms with Crippen LogP contribution in [0, 0.1) is 0 Å². The van der Waals surface area contributed by atoms with Gasteiger partial charge < -0.3 is 13.9 Å². The third kappa shape index (κ3) is 3.62. The highest BCUT2D eigenvalue weighted by Crippen LogP contribution is 2.39. The monoisotopic (exact) mass is 361 g/mol. The van der Waals surface area contributed by atoms with E-state index < -0.39 is 5.92 Å². The Hall–Kier alpha value is -3.34. The van der Waals surface area contributed by atoms with Gasteiger partial charge in [-0.25, -0.2) is 4.98 Å². The zero-order valence-corrected chi connectivity index (χ0v) is 15.1. The normalized spacial score (nSPS) is 16.0. The van der Waals surface area contributed by atoms with Crippen molar-refractivity contribution in [2.45, 2.75) is 25.9 Å². The van der Waals surface area contributed by atoms with Gasteiger partial charge in [-0.3, -0.25) is 4.79 Å². The molecular weight excluding hydrogens is 342 g/mol. The van der Waals surface area contributed by atoms with E-state index >= 15 is 0 Å². The molecule has 0 spiro atoms. The summed E-state index contributed by atoms with van der Waals surface area (Å²) in [5.74, 6) is 1.41. The molecular formula is C22H19NO4. The molecule has 2 aromatic carbocycles. The van der Waals surface area contributed by atoms with Gasteiger partial charge in [0, 0.05) is 11.6 Å². The van der Waals surface area contributed by atoms with E-state index in [1.165, 1.54) is 0 Å². The molecule has 1 aliphatic rings. The van der Waals surface area contributed by atoms with Gasteiger partial charge >= 0.3 is 5.97 Å². The Morgan fingerprint density at radius 2 is 1.85 bits per heavy atom. The van der Waals surface area contributed by atoms with Crippen LogP contribution in [-0.2, 0) is 4.79 Å². The highest BCUT2D eigenvalue weighted by Gasteiger charge is 2.36. The Labute approximate surface area is 157 Å². The van der Waals surface area contributed by atoms with E-state index in [9.17, 15) is 4.79 Å². The molecule has 0 bridgehead atoms. The number of oxazole rings is 1. The van der Waals surface area contributed by atoms with Crippen LogP contribution in [0.25, 0.3) is 12.2 Å². The van der Waals surface area contributed by atoms with E-state index in [2.05, 4.69) is 4.98 Å². The summed E-state index contributed by atoms with van der Waals surface area (Å²) in [6.07, 6.45) is 5.39. The Morgan fingerprint density at radius 3 is 2.63 bits per heavy atom. The molecule has 0 saturated heterocycles. The topological polar surface area (TPSA) is 61.6 Å². The molecule has 27 heavy (non-hydrogen) atoms. The standard InChI is InChI=1S/C22H19NO4/c1-14(2)25-16-10-7-15(8-11-16)9-12-20-23-13-19(26-20)21-17-5-3-4-6-18(17)27-22(21)24/h3-14,21H,1-2H3/b12-9+. The maximum absolute atomic E-state index is 12.2. The zero-order valence-electron chi connectivity index (χ0n) is 15.1. The Kier molecular flexibility index (Phi) is 4.50. The van der Waals surface area contributed by atoms with E-state index in [1.807, 2.05) is 62.4 Å². The van der Waals surface area contributed by atoms with Gasteiger partial charge in [0.1, 0.15) is 23.2 Å². The number of fused-ring (bicyclic) bond motifs is 1. The van der Waals surface area contributed by atoms with Crippen LogP contribution in [0.1, 0.15) is 42.5 Å². The lowest BCUT2D eigenvalue weighted by molar-refractivity contribution is -0.133. The first-order valence-electron chi connectivity index (χ1n) is 8.81. The SMILES string of the molecule is CC(C)Oc1ccc(/C=C/c2ncc(C3C(=O)Oc4ccccc43)o2)cc1. The molecule has 0 fully saturated rings. The molecule has 5 nitrogen and oxygen atoms in total. The minimum Gasteiger partial charge on any atom is -0.491 e. The molecule has 3 aromatic rings. The number of hydrogen-bond donors (Lipinski definition) is 0. The van der Waals surface area contributed by atoms with Crippen LogP contribution in [-0.4, -0.2) is 17.1 Å². The van der Waals surface area contributed by atoms with Crippen molar-refractivity contribution >= 4 is 18.1 Å². The van der Waals surface area contributed by atoms with E-state index in [1.54, 1.807) is 18.3 Å². The number of benzene rings is 2. The summed E-state index contributed by atoms with van der Waals surface area (Å²) in [6.45, 7) is 3.99. The summed E-state index contributed by atoms with van der Waals surface area (Å²) in [4.78, 5) is 16.4. The van der Waals surface area contributed by atoms with Gasteiger partial charge in [-0.15, -0.1) is 0 Å². The third-order valence-electron chi connectivity index (χ3n) is 4.17. The fourth-order valence-corrected chi connectivity index (χ4v) is 2.98. The Bertz CT molecular complexity index is 986. The second-order valence-electron chi connectivity index (χ2n) is 6.56. The molecule has 5 heteroatoms. The second kappa shape index (κ2) is 7.11. The summed E-state index contributed by atoms with van der Waals surface area (Å²) in [5, 5.41) is 0. The zero-order chi connectivity index (χ0) is 18.8. The molecule has 1 aliphatic heterocycles. The van der Waals surface area contributed by atoms with Crippen LogP contribution in [0.2, 0.25) is 0 Å². The van der Waals surface area contributed by atoms with Crippen molar-refractivity contribution < 1.29 is 18.7 Å². The quantitative estimate of drug-likeness (QED) is 0.488. The summed E-state index contributed by atoms with van der Waals surface area (Å²) >= 11 is 0. The maximum Gasteiger partial charge on any atom is 0.326 e. The predicted molar refractivity (Wildman–Crippen MR) is 102 cm³/mol. The molecule has 1 atom stereocenters. The minimum absolute atomic E-state index is 0.143. The lowest BCUT2D eigenvalue weighted by Crippen LogP contribution is -2.10. The molecule has 0 amide bonds. The first kappa shape index (κ1) is 17.1. The molecule has 0 saturated carbocycles. The minimum atomic E-state index is -0.566. The molecule has 0 radical (unpaired) electrons. The van der Waals surface area contributed by atoms with Crippen LogP contribution in [0.5, 0.6) is 11.5 Å². The van der Waals surface area contributed by atoms with Gasteiger partial charge in [0.15, 0.2) is 0 Å². The van der Waals surface area contributed by atoms with Gasteiger partial charge in [0.2, 0.25) is 5.89 Å². The lowest BCUT2D eigenvalue weighted by Gasteiger charge is -2.09. The van der Waals surface area contributed by atoms with Crippen LogP contribution in [0.4, 0.5) is 0 Å². The summed E-state index contributed by atoms with van der Waals surface area (Å²) in [6, 6.07) is 15.1. The van der Waals surface area contributed by atoms with Gasteiger partial charge in [-0.2, -0.15) is 0 Å². The van der Waals surface area contributed by atoms with E-state index in [0.717, 1.165) is 16.9 Å². The first-order valence-corrected chi connectivity index (χ1v) is 8.81. The number of esters is 1. The summed E-state index contributed by atoms with van der Waals surface area (Å²) in [5.41, 5.74) is 1.80. The number of para-hydroxylation sites is 1. The van der Waals surface area contributed by atoms with Crippen molar-refractivity contribution in [3.63, 3.8) is 0 Å². The number of carbonyl (C=O) groups excluding carboxylic acids is 1. The maximum atomic E-state index is 12.2. The van der Waals surface area contributed by atoms with Gasteiger partial charge in [-0.05, 0) is 43.7 Å². The molecule has 4 rings (SSSR count). The molecule has 0 aliphatic carbocycles. The lowest BCUT2D eigenvalue weighted by atomic mass is 9.99. The van der Waals surface area contributed by atoms with Gasteiger partial charge in [-0.1, -0.05) is 30.3 Å². The smallest absolute Gasteiger partial charge is 0.326 e. The molecule has 1 unspecified atom stereocenters. The number of nitrogens with zero attached hydrogens (tertiary/aromatic N) is 1. The fourth-order valence-electron chi connectivity index (χ4n) is 2.98. The molecule has 136 valence electrons. The highest BCUT2D eigenvalue weighted by atomic mass is 16.5. The summed E-state index contributed by atoms with van der Waals surface area (Å²) in [7, 11) is 0. The molecule has 0 N–H and O–H groups in total. The van der Waals surface area contributed by atoms with E-state index in [4.69, 9.17) is 13.9 Å². The van der Waals surface area contributed by atoms with Crippen LogP contribution in [0.3, 0.4) is 0 Å². The van der Waals surface area contributed by atoms with E-state index in [-0.39, 0.29) is 12.1 Å². The number of hydrogen-bond acceptors (Lipinski definition) is 5. The second-order valence-corrected chi connectivity index (χ2v) is 6.56. The van der Waals surface area contributed by atoms with Crippen molar-refractivity contribution in [1.29, 1.82) is 0 Å². The average molecular weight is 361 g/mol. The fraction of sp³-hybridized carbons (Fsp3) is 0.182. The number of aromatic nitrogens is 1. The predicted octanol–water partition coefficient (Wildman–Crippen LogP) is 4.68. The summed E-state index contributed by atoms with van der Waals surface area (Å²) < 4.78 is 16.7. The van der Waals surface area contributed by atoms with Crippen molar-refractivity contribution in [3.05, 3.63) is 77.5 Å². The molecule has 2 heterocycles. The van der Waals surface area contributed by atoms with Crippen molar-refractivity contribution in [1.82, 2.24) is 4.98 Å². The third-order valence-corrected chi connectivity index (χ3v) is 4.17. The number of carbonyl (C=O) groups is 1. The average Bonchev–Trinajstić information content (AvgIpc) is 3.23. The Balaban J connectivity index is 1.50. The van der Waals surface area contributed by atoms with Crippen LogP contribution < -0.4 is 9.47 Å². The Morgan fingerprint density at radius 1 is 1.07 bits per heavy atom. The number of rotatable bonds is 5. The van der Waals surface area contributed by atoms with Gasteiger partial charge in [0.05, 0.1) is 12.3 Å². The van der Waals surface area contributed by atoms with Gasteiger partial charge in [0.25, 0.3) is 0 Å². The highest BCUT2D eigenvalue weighted by molar-refractivity contribution is 5.88.